The average Bonchev–Trinajstić information content (AvgIpc) is 3.30. The number of benzene rings is 3. The van der Waals surface area contributed by atoms with Crippen LogP contribution in [0.2, 0.25) is 0 Å². The molecule has 0 N–H and O–H groups in total. The minimum atomic E-state index is -0.855. The maximum atomic E-state index is 11.5. The first-order valence-electron chi connectivity index (χ1n) is 12.0. The van der Waals surface area contributed by atoms with Crippen LogP contribution in [0.5, 0.6) is 0 Å². The van der Waals surface area contributed by atoms with Gasteiger partial charge in [-0.05, 0) is 36.7 Å². The molecule has 1 aliphatic carbocycles. The molecule has 3 aromatic rings. The average molecular weight is 598 g/mol. The summed E-state index contributed by atoms with van der Waals surface area (Å²) in [5.74, 6) is -2.09. The Balaban J connectivity index is 0.000000671. The fourth-order valence-electron chi connectivity index (χ4n) is 3.92. The van der Waals surface area contributed by atoms with Crippen LogP contribution in [0.4, 0.5) is 0 Å². The second-order valence-corrected chi connectivity index (χ2v) is 10.1. The molecule has 208 valence electrons. The third-order valence-corrected chi connectivity index (χ3v) is 8.10. The van der Waals surface area contributed by atoms with Crippen LogP contribution < -0.4 is 15.9 Å². The first kappa shape index (κ1) is 36.5. The van der Waals surface area contributed by atoms with Gasteiger partial charge < -0.3 is 9.47 Å². The van der Waals surface area contributed by atoms with Gasteiger partial charge in [-0.25, -0.2) is 0 Å². The monoisotopic (exact) mass is 598 g/mol. The van der Waals surface area contributed by atoms with Crippen LogP contribution in [0.3, 0.4) is 0 Å². The Bertz CT molecular complexity index is 1090. The molecule has 1 aliphatic rings. The number of esters is 2. The quantitative estimate of drug-likeness (QED) is 0.101. The van der Waals surface area contributed by atoms with E-state index in [0.29, 0.717) is 0 Å². The molecule has 3 aromatic carbocycles. The predicted molar refractivity (Wildman–Crippen MR) is 152 cm³/mol. The molecule has 0 saturated carbocycles. The molecule has 0 unspecified atom stereocenters. The van der Waals surface area contributed by atoms with Gasteiger partial charge in [-0.1, -0.05) is 115 Å². The maximum absolute atomic E-state index is 11.5. The van der Waals surface area contributed by atoms with Gasteiger partial charge in [-0.2, -0.15) is 0 Å². The zero-order valence-electron chi connectivity index (χ0n) is 22.3. The summed E-state index contributed by atoms with van der Waals surface area (Å²) >= 11 is 0. The number of ether oxygens (including phenoxy) is 2. The number of allylic oxidation sites excluding steroid dienone is 4. The normalized spacial score (nSPS) is 12.8. The molecular formula is C32H31FeO6P. The second-order valence-electron chi connectivity index (χ2n) is 7.92. The fraction of sp³-hybridized carbons (Fsp3) is 0.188. The van der Waals surface area contributed by atoms with E-state index >= 15 is 0 Å². The van der Waals surface area contributed by atoms with Crippen LogP contribution in [0.25, 0.3) is 0 Å². The molecule has 0 fully saturated rings. The van der Waals surface area contributed by atoms with E-state index in [1.165, 1.54) is 30.1 Å². The van der Waals surface area contributed by atoms with Crippen molar-refractivity contribution in [3.8, 4) is 0 Å². The Morgan fingerprint density at radius 2 is 1.10 bits per heavy atom. The Kier molecular flexibility index (Phi) is 20.4. The van der Waals surface area contributed by atoms with Gasteiger partial charge in [0.15, 0.2) is 5.92 Å². The third-order valence-electron chi connectivity index (χ3n) is 5.65. The van der Waals surface area contributed by atoms with Crippen molar-refractivity contribution in [1.29, 1.82) is 0 Å². The molecular weight excluding hydrogens is 567 g/mol. The SMILES string of the molecule is COC(=O)C(C(=O)OC)[C@H]1C=CC=CCC1.[C-]#[O+].[C-]#[O+].[Fe].c1ccc(P(c2ccccc2)c2ccccc2)cc1. The minimum absolute atomic E-state index is 0. The van der Waals surface area contributed by atoms with Gasteiger partial charge in [0.2, 0.25) is 0 Å². The van der Waals surface area contributed by atoms with Crippen molar-refractivity contribution in [3.05, 3.63) is 129 Å². The van der Waals surface area contributed by atoms with Crippen molar-refractivity contribution in [3.63, 3.8) is 0 Å². The summed E-state index contributed by atoms with van der Waals surface area (Å²) in [6, 6.07) is 32.3. The second kappa shape index (κ2) is 22.3. The van der Waals surface area contributed by atoms with Gasteiger partial charge >= 0.3 is 34.5 Å². The van der Waals surface area contributed by atoms with E-state index in [9.17, 15) is 9.59 Å². The van der Waals surface area contributed by atoms with E-state index in [-0.39, 0.29) is 23.0 Å². The van der Waals surface area contributed by atoms with Gasteiger partial charge in [-0.3, -0.25) is 9.59 Å². The van der Waals surface area contributed by atoms with Crippen molar-refractivity contribution >= 4 is 35.8 Å². The maximum Gasteiger partial charge on any atom is 0 e. The molecule has 6 nitrogen and oxygen atoms in total. The van der Waals surface area contributed by atoms with Gasteiger partial charge in [-0.15, -0.1) is 0 Å². The Morgan fingerprint density at radius 3 is 1.45 bits per heavy atom. The van der Waals surface area contributed by atoms with Crippen LogP contribution in [0, 0.1) is 25.1 Å². The number of hydrogen-bond donors (Lipinski definition) is 0. The topological polar surface area (TPSA) is 92.4 Å². The third kappa shape index (κ3) is 11.7. The largest absolute Gasteiger partial charge is 0.0622 e. The van der Waals surface area contributed by atoms with Gasteiger partial charge in [0.25, 0.3) is 0 Å². The molecule has 0 radical (unpaired) electrons. The van der Waals surface area contributed by atoms with Gasteiger partial charge in [0.1, 0.15) is 0 Å². The number of carbonyl (C=O) groups is 2. The molecule has 0 aromatic heterocycles. The smallest absolute Gasteiger partial charge is 0 e. The Morgan fingerprint density at radius 1 is 0.725 bits per heavy atom. The first-order valence-corrected chi connectivity index (χ1v) is 13.3. The van der Waals surface area contributed by atoms with E-state index in [2.05, 4.69) is 114 Å². The predicted octanol–water partition coefficient (Wildman–Crippen LogP) is 4.84. The molecule has 0 heterocycles. The minimum Gasteiger partial charge on any atom is -0.0622 e. The van der Waals surface area contributed by atoms with Gasteiger partial charge in [0.05, 0.1) is 14.2 Å². The van der Waals surface area contributed by atoms with Crippen molar-refractivity contribution < 1.29 is 45.4 Å². The zero-order chi connectivity index (χ0) is 28.9. The molecule has 0 amide bonds. The van der Waals surface area contributed by atoms with Crippen LogP contribution in [-0.2, 0) is 45.4 Å². The van der Waals surface area contributed by atoms with Crippen molar-refractivity contribution in [2.45, 2.75) is 12.8 Å². The van der Waals surface area contributed by atoms with Crippen LogP contribution in [0.1, 0.15) is 12.8 Å². The standard InChI is InChI=1S/C18H15P.C12H16O4.2CO.Fe/c1-4-10-16(11-5-1)19(17-12-6-2-7-13-17)18-14-8-3-9-15-18;1-15-11(13)10(12(14)16-2)9-7-5-3-4-6-8-9;2*1-2;/h1-15H;3-5,7,9-10H,6,8H2,1-2H3;;;/t;9-;;;/m.0.../s1. The Labute approximate surface area is 248 Å². The molecule has 8 heteroatoms. The molecule has 4 rings (SSSR count). The summed E-state index contributed by atoms with van der Waals surface area (Å²) in [5, 5.41) is 4.19. The summed E-state index contributed by atoms with van der Waals surface area (Å²) in [6.45, 7) is 9.00. The summed E-state index contributed by atoms with van der Waals surface area (Å²) in [5.41, 5.74) is 0. The van der Waals surface area contributed by atoms with E-state index in [1.807, 2.05) is 24.3 Å². The number of carbonyl (C=O) groups excluding carboxylic acids is 2. The van der Waals surface area contributed by atoms with Crippen molar-refractivity contribution in [2.75, 3.05) is 14.2 Å². The number of hydrogen-bond acceptors (Lipinski definition) is 4. The molecule has 0 spiro atoms. The van der Waals surface area contributed by atoms with Crippen molar-refractivity contribution in [1.82, 2.24) is 0 Å². The van der Waals surface area contributed by atoms with Crippen molar-refractivity contribution in [2.24, 2.45) is 11.8 Å². The molecule has 0 aliphatic heterocycles. The van der Waals surface area contributed by atoms with Gasteiger partial charge in [0, 0.05) is 23.0 Å². The van der Waals surface area contributed by atoms with E-state index in [4.69, 9.17) is 9.30 Å². The molecule has 0 bridgehead atoms. The molecule has 1 atom stereocenters. The molecule has 40 heavy (non-hydrogen) atoms. The summed E-state index contributed by atoms with van der Waals surface area (Å²) in [6.07, 6.45) is 9.18. The van der Waals surface area contributed by atoms with E-state index < -0.39 is 25.8 Å². The van der Waals surface area contributed by atoms with Crippen LogP contribution in [-0.4, -0.2) is 26.2 Å². The Hall–Kier alpha value is -3.49. The summed E-state index contributed by atoms with van der Waals surface area (Å²) < 4.78 is 24.3. The number of methoxy groups -OCH3 is 2. The molecule has 0 saturated heterocycles. The summed E-state index contributed by atoms with van der Waals surface area (Å²) in [4.78, 5) is 23.1. The van der Waals surface area contributed by atoms with E-state index in [1.54, 1.807) is 0 Å². The van der Waals surface area contributed by atoms with Crippen LogP contribution >= 0.6 is 7.92 Å². The fourth-order valence-corrected chi connectivity index (χ4v) is 6.23. The zero-order valence-corrected chi connectivity index (χ0v) is 24.3. The summed E-state index contributed by atoms with van der Waals surface area (Å²) in [7, 11) is 2.10. The van der Waals surface area contributed by atoms with E-state index in [0.717, 1.165) is 12.8 Å². The first-order chi connectivity index (χ1) is 19.2. The van der Waals surface area contributed by atoms with Crippen LogP contribution in [0.15, 0.2) is 115 Å². The number of rotatable bonds is 6.